The van der Waals surface area contributed by atoms with Crippen molar-refractivity contribution in [2.75, 3.05) is 10.6 Å². The number of thioether (sulfide) groups is 1. The highest BCUT2D eigenvalue weighted by Crippen LogP contribution is 2.28. The van der Waals surface area contributed by atoms with Gasteiger partial charge in [-0.2, -0.15) is 0 Å². The third kappa shape index (κ3) is 5.44. The van der Waals surface area contributed by atoms with Gasteiger partial charge in [-0.3, -0.25) is 9.59 Å². The number of nitrogens with one attached hydrogen (secondary N) is 2. The maximum atomic E-state index is 13.7. The Bertz CT molecular complexity index is 1130. The minimum Gasteiger partial charge on any atom is -0.322 e. The van der Waals surface area contributed by atoms with Gasteiger partial charge in [0.2, 0.25) is 5.91 Å². The molecule has 0 aliphatic rings. The van der Waals surface area contributed by atoms with Crippen LogP contribution >= 0.6 is 11.8 Å². The van der Waals surface area contributed by atoms with Crippen LogP contribution in [0, 0.1) is 29.1 Å². The predicted molar refractivity (Wildman–Crippen MR) is 111 cm³/mol. The Hall–Kier alpha value is -3.40. The van der Waals surface area contributed by atoms with Crippen molar-refractivity contribution in [2.45, 2.75) is 17.1 Å². The van der Waals surface area contributed by atoms with Crippen molar-refractivity contribution in [3.63, 3.8) is 0 Å². The van der Waals surface area contributed by atoms with Gasteiger partial charge in [0.15, 0.2) is 23.3 Å². The molecule has 2 N–H and O–H groups in total. The summed E-state index contributed by atoms with van der Waals surface area (Å²) in [6.07, 6.45) is 0. The average Bonchev–Trinajstić information content (AvgIpc) is 2.77. The first-order valence-electron chi connectivity index (χ1n) is 9.13. The lowest BCUT2D eigenvalue weighted by molar-refractivity contribution is -0.115. The lowest BCUT2D eigenvalue weighted by Crippen LogP contribution is -2.24. The van der Waals surface area contributed by atoms with E-state index in [4.69, 9.17) is 0 Å². The lowest BCUT2D eigenvalue weighted by atomic mass is 10.2. The number of halogens is 5. The number of carbonyl (C=O) groups excluding carboxylic acids is 2. The van der Waals surface area contributed by atoms with Gasteiger partial charge in [0.05, 0.1) is 5.25 Å². The van der Waals surface area contributed by atoms with Gasteiger partial charge in [-0.1, -0.05) is 0 Å². The second kappa shape index (κ2) is 9.82. The van der Waals surface area contributed by atoms with Crippen LogP contribution in [-0.2, 0) is 4.79 Å². The SMILES string of the molecule is CC(Sc1ccc(NC(=O)c2ccc(F)cc2)cc1)C(=O)Nc1c(F)c(F)cc(F)c1F. The fourth-order valence-electron chi connectivity index (χ4n) is 2.59. The van der Waals surface area contributed by atoms with Crippen molar-refractivity contribution in [2.24, 2.45) is 0 Å². The molecule has 0 aliphatic carbocycles. The molecule has 166 valence electrons. The van der Waals surface area contributed by atoms with Crippen molar-refractivity contribution in [1.82, 2.24) is 0 Å². The Morgan fingerprint density at radius 3 is 1.94 bits per heavy atom. The second-order valence-corrected chi connectivity index (χ2v) is 7.99. The van der Waals surface area contributed by atoms with Crippen LogP contribution in [0.15, 0.2) is 59.5 Å². The number of benzene rings is 3. The van der Waals surface area contributed by atoms with Crippen LogP contribution in [0.3, 0.4) is 0 Å². The highest BCUT2D eigenvalue weighted by atomic mass is 32.2. The van der Waals surface area contributed by atoms with Crippen LogP contribution in [0.1, 0.15) is 17.3 Å². The van der Waals surface area contributed by atoms with Crippen molar-refractivity contribution in [3.05, 3.63) is 89.2 Å². The molecule has 1 unspecified atom stereocenters. The van der Waals surface area contributed by atoms with Gasteiger partial charge in [-0.05, 0) is 55.5 Å². The molecule has 0 aliphatic heterocycles. The molecule has 3 aromatic carbocycles. The minimum absolute atomic E-state index is 0.0505. The highest BCUT2D eigenvalue weighted by Gasteiger charge is 2.23. The van der Waals surface area contributed by atoms with Gasteiger partial charge in [-0.25, -0.2) is 22.0 Å². The zero-order chi connectivity index (χ0) is 23.4. The molecule has 0 saturated heterocycles. The molecule has 1 atom stereocenters. The number of rotatable bonds is 6. The largest absolute Gasteiger partial charge is 0.322 e. The quantitative estimate of drug-likeness (QED) is 0.276. The first kappa shape index (κ1) is 23.3. The van der Waals surface area contributed by atoms with E-state index in [1.165, 1.54) is 19.1 Å². The van der Waals surface area contributed by atoms with Crippen LogP contribution in [0.5, 0.6) is 0 Å². The Labute approximate surface area is 183 Å². The average molecular weight is 466 g/mol. The molecule has 10 heteroatoms. The van der Waals surface area contributed by atoms with E-state index in [2.05, 4.69) is 5.32 Å². The van der Waals surface area contributed by atoms with E-state index in [1.54, 1.807) is 24.3 Å². The molecule has 0 saturated carbocycles. The van der Waals surface area contributed by atoms with E-state index < -0.39 is 51.8 Å². The zero-order valence-corrected chi connectivity index (χ0v) is 17.2. The standard InChI is InChI=1S/C22H15F5N2O2S/c1-11(21(30)29-20-18(26)16(24)10-17(25)19(20)27)32-15-8-6-14(7-9-15)28-22(31)12-2-4-13(23)5-3-12/h2-11H,1H3,(H,28,31)(H,29,30). The fourth-order valence-corrected chi connectivity index (χ4v) is 3.45. The first-order valence-corrected chi connectivity index (χ1v) is 10.0. The summed E-state index contributed by atoms with van der Waals surface area (Å²) in [7, 11) is 0. The van der Waals surface area contributed by atoms with E-state index >= 15 is 0 Å². The molecule has 0 fully saturated rings. The molecule has 4 nitrogen and oxygen atoms in total. The maximum Gasteiger partial charge on any atom is 0.255 e. The number of carbonyl (C=O) groups is 2. The summed E-state index contributed by atoms with van der Waals surface area (Å²) in [5, 5.41) is 3.62. The summed E-state index contributed by atoms with van der Waals surface area (Å²) in [4.78, 5) is 25.0. The zero-order valence-electron chi connectivity index (χ0n) is 16.4. The Morgan fingerprint density at radius 2 is 1.38 bits per heavy atom. The summed E-state index contributed by atoms with van der Waals surface area (Å²) in [6.45, 7) is 1.44. The smallest absolute Gasteiger partial charge is 0.255 e. The van der Waals surface area contributed by atoms with Gasteiger partial charge in [0, 0.05) is 22.2 Å². The molecule has 3 aromatic rings. The molecular weight excluding hydrogens is 451 g/mol. The Kier molecular flexibility index (Phi) is 7.14. The Morgan fingerprint density at radius 1 is 0.812 bits per heavy atom. The molecule has 0 aromatic heterocycles. The monoisotopic (exact) mass is 466 g/mol. The van der Waals surface area contributed by atoms with Gasteiger partial charge in [0.1, 0.15) is 11.5 Å². The summed E-state index contributed by atoms with van der Waals surface area (Å²) in [6, 6.07) is 11.4. The molecule has 0 radical (unpaired) electrons. The summed E-state index contributed by atoms with van der Waals surface area (Å²) in [5.74, 6) is -8.42. The van der Waals surface area contributed by atoms with Gasteiger partial charge < -0.3 is 10.6 Å². The van der Waals surface area contributed by atoms with Crippen LogP contribution in [-0.4, -0.2) is 17.1 Å². The van der Waals surface area contributed by atoms with E-state index in [0.29, 0.717) is 10.6 Å². The maximum absolute atomic E-state index is 13.7. The summed E-state index contributed by atoms with van der Waals surface area (Å²) < 4.78 is 67.0. The topological polar surface area (TPSA) is 58.2 Å². The van der Waals surface area contributed by atoms with Gasteiger partial charge in [-0.15, -0.1) is 11.8 Å². The predicted octanol–water partition coefficient (Wildman–Crippen LogP) is 5.75. The van der Waals surface area contributed by atoms with Crippen molar-refractivity contribution < 1.29 is 31.5 Å². The molecule has 2 amide bonds. The van der Waals surface area contributed by atoms with Crippen LogP contribution in [0.2, 0.25) is 0 Å². The van der Waals surface area contributed by atoms with Crippen LogP contribution in [0.4, 0.5) is 33.3 Å². The van der Waals surface area contributed by atoms with E-state index in [-0.39, 0.29) is 11.6 Å². The number of amides is 2. The summed E-state index contributed by atoms with van der Waals surface area (Å²) in [5.41, 5.74) is -0.484. The van der Waals surface area contributed by atoms with Crippen molar-refractivity contribution >= 4 is 35.0 Å². The Balaban J connectivity index is 1.62. The number of anilines is 2. The normalized spacial score (nSPS) is 11.7. The minimum atomic E-state index is -1.70. The second-order valence-electron chi connectivity index (χ2n) is 6.58. The molecule has 0 spiro atoms. The van der Waals surface area contributed by atoms with Crippen molar-refractivity contribution in [3.8, 4) is 0 Å². The molecule has 0 bridgehead atoms. The molecule has 0 heterocycles. The van der Waals surface area contributed by atoms with E-state index in [1.807, 2.05) is 5.32 Å². The lowest BCUT2D eigenvalue weighted by Gasteiger charge is -2.14. The summed E-state index contributed by atoms with van der Waals surface area (Å²) >= 11 is 1.02. The van der Waals surface area contributed by atoms with E-state index in [0.717, 1.165) is 23.9 Å². The first-order chi connectivity index (χ1) is 15.2. The number of hydrogen-bond donors (Lipinski definition) is 2. The van der Waals surface area contributed by atoms with Crippen molar-refractivity contribution in [1.29, 1.82) is 0 Å². The number of hydrogen-bond acceptors (Lipinski definition) is 3. The third-order valence-corrected chi connectivity index (χ3v) is 5.37. The molecule has 3 rings (SSSR count). The fraction of sp³-hybridized carbons (Fsp3) is 0.0909. The highest BCUT2D eigenvalue weighted by molar-refractivity contribution is 8.00. The molecular formula is C22H15F5N2O2S. The molecule has 32 heavy (non-hydrogen) atoms. The van der Waals surface area contributed by atoms with Crippen LogP contribution < -0.4 is 10.6 Å². The van der Waals surface area contributed by atoms with E-state index in [9.17, 15) is 31.5 Å². The van der Waals surface area contributed by atoms with Gasteiger partial charge >= 0.3 is 0 Å². The van der Waals surface area contributed by atoms with Gasteiger partial charge in [0.25, 0.3) is 5.91 Å². The van der Waals surface area contributed by atoms with Crippen LogP contribution in [0.25, 0.3) is 0 Å². The third-order valence-electron chi connectivity index (χ3n) is 4.26.